The average Bonchev–Trinajstić information content (AvgIpc) is 3.32. The summed E-state index contributed by atoms with van der Waals surface area (Å²) in [5, 5.41) is 56.5. The number of primary amides is 3. The quantitative estimate of drug-likeness (QED) is 0.0275. The summed E-state index contributed by atoms with van der Waals surface area (Å²) in [6.45, 7) is -0.625. The van der Waals surface area contributed by atoms with Crippen LogP contribution in [0, 0.1) is 0 Å². The number of phenols is 1. The average molecular weight is 1040 g/mol. The smallest absolute Gasteiger partial charge is 0.326 e. The lowest BCUT2D eigenvalue weighted by atomic mass is 10.0. The van der Waals surface area contributed by atoms with Crippen LogP contribution in [-0.4, -0.2) is 160 Å². The molecule has 20 N–H and O–H groups in total. The van der Waals surface area contributed by atoms with Gasteiger partial charge in [0, 0.05) is 13.0 Å². The predicted molar refractivity (Wildman–Crippen MR) is 257 cm³/mol. The first kappa shape index (κ1) is 63.6. The van der Waals surface area contributed by atoms with Crippen molar-refractivity contribution in [1.82, 2.24) is 42.5 Å². The van der Waals surface area contributed by atoms with Crippen LogP contribution in [0.25, 0.3) is 0 Å². The summed E-state index contributed by atoms with van der Waals surface area (Å²) in [6.07, 6.45) is 6.25. The minimum Gasteiger partial charge on any atom is -0.508 e. The van der Waals surface area contributed by atoms with Gasteiger partial charge in [-0.2, -0.15) is 0 Å². The van der Waals surface area contributed by atoms with Crippen molar-refractivity contribution in [2.75, 3.05) is 26.3 Å². The Hall–Kier alpha value is -7.46. The van der Waals surface area contributed by atoms with Gasteiger partial charge >= 0.3 is 5.97 Å². The van der Waals surface area contributed by atoms with E-state index in [0.717, 1.165) is 44.9 Å². The number of amides is 11. The number of hydrogen-bond acceptors (Lipinski definition) is 16. The molecule has 0 fully saturated rings. The second kappa shape index (κ2) is 34.8. The molecule has 0 aliphatic heterocycles. The van der Waals surface area contributed by atoms with Crippen LogP contribution in [0.15, 0.2) is 24.3 Å². The number of aliphatic carboxylic acids is 1. The molecular weight excluding hydrogens is 965 g/mol. The number of benzene rings is 1. The maximum atomic E-state index is 13.8. The van der Waals surface area contributed by atoms with Gasteiger partial charge in [-0.3, -0.25) is 52.7 Å². The van der Waals surface area contributed by atoms with E-state index in [4.69, 9.17) is 22.9 Å². The van der Waals surface area contributed by atoms with Gasteiger partial charge in [0.05, 0.1) is 45.4 Å². The van der Waals surface area contributed by atoms with E-state index in [1.165, 1.54) is 37.1 Å². The Bertz CT molecular complexity index is 2040. The number of nitrogens with two attached hydrogens (primary N) is 4. The van der Waals surface area contributed by atoms with E-state index in [-0.39, 0.29) is 12.3 Å². The first-order chi connectivity index (χ1) is 34.5. The molecule has 0 aliphatic rings. The highest BCUT2D eigenvalue weighted by molar-refractivity contribution is 5.99. The number of unbranched alkanes of at least 4 members (excludes halogenated alkanes) is 9. The predicted octanol–water partition coefficient (Wildman–Crippen LogP) is -5.59. The minimum atomic E-state index is -1.87. The Morgan fingerprint density at radius 2 is 0.904 bits per heavy atom. The van der Waals surface area contributed by atoms with Crippen molar-refractivity contribution in [3.05, 3.63) is 29.8 Å². The van der Waals surface area contributed by atoms with Crippen LogP contribution >= 0.6 is 0 Å². The van der Waals surface area contributed by atoms with E-state index in [9.17, 15) is 78.0 Å². The zero-order valence-electron chi connectivity index (χ0n) is 40.8. The summed E-state index contributed by atoms with van der Waals surface area (Å²) in [5.74, 6) is -14.0. The Labute approximate surface area is 421 Å². The summed E-state index contributed by atoms with van der Waals surface area (Å²) in [5.41, 5.74) is 21.4. The highest BCUT2D eigenvalue weighted by atomic mass is 16.4. The summed E-state index contributed by atoms with van der Waals surface area (Å²) in [4.78, 5) is 153. The third-order valence-electron chi connectivity index (χ3n) is 10.8. The van der Waals surface area contributed by atoms with Crippen molar-refractivity contribution in [2.24, 2.45) is 22.9 Å². The van der Waals surface area contributed by atoms with Crippen LogP contribution in [-0.2, 0) is 64.0 Å². The molecule has 0 aliphatic carbocycles. The van der Waals surface area contributed by atoms with Gasteiger partial charge in [0.25, 0.3) is 0 Å². The number of nitrogens with one attached hydrogen (secondary N) is 8. The molecule has 1 rings (SSSR count). The third kappa shape index (κ3) is 27.1. The molecule has 0 radical (unpaired) electrons. The molecule has 408 valence electrons. The fourth-order valence-corrected chi connectivity index (χ4v) is 6.80. The first-order valence-corrected chi connectivity index (χ1v) is 23.7. The molecule has 11 amide bonds. The molecule has 0 heterocycles. The molecule has 7 atom stereocenters. The molecule has 28 heteroatoms. The lowest BCUT2D eigenvalue weighted by molar-refractivity contribution is -0.143. The minimum absolute atomic E-state index is 0.116. The van der Waals surface area contributed by atoms with Crippen LogP contribution in [0.2, 0.25) is 0 Å². The monoisotopic (exact) mass is 1040 g/mol. The normalized spacial score (nSPS) is 13.7. The SMILES string of the molecule is CCCCCCCCCCCCNC(=O)[C@H](CC(=O)N[C@H](CO)C(=O)N[C@H](Cc1ccc(O)cc1)C(=O)N[C@H](CC(N)=O)C(=O)NCC(=O)N[C@@H](CC(N)=O)C(=O)O)NC(=O)[C@H](CC(N)=O)NC(=O)[C@@H](N)CO. The van der Waals surface area contributed by atoms with E-state index in [0.29, 0.717) is 12.0 Å². The molecule has 0 unspecified atom stereocenters. The van der Waals surface area contributed by atoms with E-state index in [1.807, 2.05) is 5.32 Å². The fraction of sp³-hybridized carbons (Fsp3) is 0.600. The summed E-state index contributed by atoms with van der Waals surface area (Å²) in [6, 6.07) is -6.92. The molecule has 0 bridgehead atoms. The molecule has 0 saturated carbocycles. The standard InChI is InChI=1S/C45H72N12O16/c1-2-3-4-5-6-7-8-9-10-11-16-50-40(67)31(57-43(70)30(19-35(48)62)54-39(66)27(46)23-58)21-37(64)53-33(24-59)44(71)55-28(17-25-12-14-26(60)15-13-25)42(69)56-29(18-34(47)61)41(68)51-22-38(65)52-32(45(72)73)20-36(49)63/h12-15,27-33,58-60H,2-11,16-24,46H2,1H3,(H2,47,61)(H2,48,62)(H2,49,63)(H,50,67)(H,51,68)(H,52,65)(H,53,64)(H,54,66)(H,55,71)(H,56,69)(H,57,70)(H,72,73)/t27-,28+,29+,30-,31-,32-,33+/m0/s1. The number of carbonyl (C=O) groups is 12. The van der Waals surface area contributed by atoms with Crippen LogP contribution in [0.4, 0.5) is 0 Å². The van der Waals surface area contributed by atoms with Gasteiger partial charge in [-0.1, -0.05) is 76.8 Å². The highest BCUT2D eigenvalue weighted by Gasteiger charge is 2.34. The maximum absolute atomic E-state index is 13.8. The van der Waals surface area contributed by atoms with E-state index < -0.39 is 165 Å². The lowest BCUT2D eigenvalue weighted by Crippen LogP contribution is -2.59. The highest BCUT2D eigenvalue weighted by Crippen LogP contribution is 2.13. The molecule has 0 saturated heterocycles. The van der Waals surface area contributed by atoms with Gasteiger partial charge in [-0.25, -0.2) is 4.79 Å². The number of aliphatic hydroxyl groups is 2. The number of rotatable bonds is 38. The number of carbonyl (C=O) groups excluding carboxylic acids is 11. The number of carboxylic acids is 1. The molecule has 1 aromatic rings. The Balaban J connectivity index is 3.32. The number of hydrogen-bond donors (Lipinski definition) is 16. The molecule has 73 heavy (non-hydrogen) atoms. The number of phenolic OH excluding ortho intramolecular Hbond substituents is 1. The second-order valence-corrected chi connectivity index (χ2v) is 17.1. The Morgan fingerprint density at radius 3 is 1.41 bits per heavy atom. The zero-order valence-corrected chi connectivity index (χ0v) is 40.8. The van der Waals surface area contributed by atoms with Crippen molar-refractivity contribution in [3.63, 3.8) is 0 Å². The van der Waals surface area contributed by atoms with Crippen LogP contribution in [0.3, 0.4) is 0 Å². The molecular formula is C45H72N12O16. The number of aromatic hydroxyl groups is 1. The van der Waals surface area contributed by atoms with Gasteiger partial charge in [-0.15, -0.1) is 0 Å². The van der Waals surface area contributed by atoms with Crippen molar-refractivity contribution in [1.29, 1.82) is 0 Å². The van der Waals surface area contributed by atoms with Crippen molar-refractivity contribution < 1.29 is 78.0 Å². The van der Waals surface area contributed by atoms with E-state index >= 15 is 0 Å². The summed E-state index contributed by atoms with van der Waals surface area (Å²) < 4.78 is 0. The number of carboxylic acid groups (broad SMARTS) is 1. The van der Waals surface area contributed by atoms with Crippen LogP contribution in [0.1, 0.15) is 102 Å². The largest absolute Gasteiger partial charge is 0.508 e. The molecule has 0 aromatic heterocycles. The van der Waals surface area contributed by atoms with Crippen molar-refractivity contribution in [3.8, 4) is 5.75 Å². The fourth-order valence-electron chi connectivity index (χ4n) is 6.80. The van der Waals surface area contributed by atoms with Crippen LogP contribution < -0.4 is 65.5 Å². The lowest BCUT2D eigenvalue weighted by Gasteiger charge is -2.25. The zero-order chi connectivity index (χ0) is 55.0. The van der Waals surface area contributed by atoms with Crippen LogP contribution in [0.5, 0.6) is 5.75 Å². The van der Waals surface area contributed by atoms with E-state index in [1.54, 1.807) is 0 Å². The number of aliphatic hydroxyl groups excluding tert-OH is 2. The molecule has 28 nitrogen and oxygen atoms in total. The first-order valence-electron chi connectivity index (χ1n) is 23.7. The molecule has 0 spiro atoms. The topological polar surface area (TPSA) is 486 Å². The summed E-state index contributed by atoms with van der Waals surface area (Å²) in [7, 11) is 0. The van der Waals surface area contributed by atoms with Crippen molar-refractivity contribution >= 4 is 70.9 Å². The van der Waals surface area contributed by atoms with Gasteiger partial charge < -0.3 is 85.9 Å². The van der Waals surface area contributed by atoms with Gasteiger partial charge in [0.1, 0.15) is 48.0 Å². The van der Waals surface area contributed by atoms with Crippen molar-refractivity contribution in [2.45, 2.75) is 146 Å². The maximum Gasteiger partial charge on any atom is 0.326 e. The Kier molecular flexibility index (Phi) is 30.3. The van der Waals surface area contributed by atoms with E-state index in [2.05, 4.69) is 44.1 Å². The Morgan fingerprint density at radius 1 is 0.479 bits per heavy atom. The molecule has 1 aromatic carbocycles. The van der Waals surface area contributed by atoms with Gasteiger partial charge in [0.2, 0.25) is 65.0 Å². The van der Waals surface area contributed by atoms with Gasteiger partial charge in [-0.05, 0) is 24.1 Å². The van der Waals surface area contributed by atoms with Gasteiger partial charge in [0.15, 0.2) is 0 Å². The third-order valence-corrected chi connectivity index (χ3v) is 10.8. The summed E-state index contributed by atoms with van der Waals surface area (Å²) >= 11 is 0. The second-order valence-electron chi connectivity index (χ2n) is 17.1.